The van der Waals surface area contributed by atoms with Gasteiger partial charge in [-0.05, 0) is 67.2 Å². The van der Waals surface area contributed by atoms with Crippen molar-refractivity contribution in [2.24, 2.45) is 5.92 Å². The Balaban J connectivity index is 1.24. The van der Waals surface area contributed by atoms with Crippen LogP contribution < -0.4 is 9.64 Å². The smallest absolute Gasteiger partial charge is 0.269 e. The van der Waals surface area contributed by atoms with Crippen LogP contribution in [0.2, 0.25) is 18.6 Å². The lowest BCUT2D eigenvalue weighted by atomic mass is 9.95. The molecule has 0 bridgehead atoms. The Bertz CT molecular complexity index is 1390. The third kappa shape index (κ3) is 7.18. The van der Waals surface area contributed by atoms with E-state index in [2.05, 4.69) is 6.92 Å². The monoisotopic (exact) mass is 602 g/mol. The first-order valence-electron chi connectivity index (χ1n) is 15.1. The molecular weight excluding hydrogens is 560 g/mol. The lowest BCUT2D eigenvalue weighted by Crippen LogP contribution is -2.42. The van der Waals surface area contributed by atoms with E-state index >= 15 is 0 Å². The number of ether oxygens (including phenoxy) is 2. The van der Waals surface area contributed by atoms with Crippen molar-refractivity contribution in [3.63, 3.8) is 0 Å². The fourth-order valence-corrected chi connectivity index (χ4v) is 9.24. The van der Waals surface area contributed by atoms with Crippen LogP contribution in [-0.4, -0.2) is 66.9 Å². The van der Waals surface area contributed by atoms with E-state index in [4.69, 9.17) is 9.47 Å². The maximum atomic E-state index is 13.5. The molecule has 2 aliphatic rings. The van der Waals surface area contributed by atoms with Gasteiger partial charge in [-0.3, -0.25) is 14.5 Å². The molecule has 0 aromatic heterocycles. The highest BCUT2D eigenvalue weighted by Gasteiger charge is 2.50. The molecule has 2 amide bonds. The minimum atomic E-state index is -2.65. The lowest BCUT2D eigenvalue weighted by molar-refractivity contribution is -0.135. The summed E-state index contributed by atoms with van der Waals surface area (Å²) < 4.78 is 12.1. The highest BCUT2D eigenvalue weighted by Crippen LogP contribution is 2.46. The van der Waals surface area contributed by atoms with Gasteiger partial charge in [0.15, 0.2) is 14.9 Å². The molecule has 2 aliphatic heterocycles. The molecule has 3 aromatic rings. The van der Waals surface area contributed by atoms with E-state index in [1.807, 2.05) is 92.0 Å². The summed E-state index contributed by atoms with van der Waals surface area (Å²) in [6.07, 6.45) is 1.25. The van der Waals surface area contributed by atoms with Crippen molar-refractivity contribution < 1.29 is 29.0 Å². The Kier molecular flexibility index (Phi) is 9.66. The molecule has 2 N–H and O–H groups in total. The van der Waals surface area contributed by atoms with Gasteiger partial charge in [0.05, 0.1) is 30.9 Å². The van der Waals surface area contributed by atoms with Crippen LogP contribution in [-0.2, 0) is 27.3 Å². The Morgan fingerprint density at radius 2 is 1.67 bits per heavy atom. The van der Waals surface area contributed by atoms with Gasteiger partial charge in [0, 0.05) is 24.3 Å². The fourth-order valence-electron chi connectivity index (χ4n) is 6.63. The fraction of sp³-hybridized carbons (Fsp3) is 0.412. The van der Waals surface area contributed by atoms with Crippen LogP contribution in [0, 0.1) is 5.92 Å². The summed E-state index contributed by atoms with van der Waals surface area (Å²) in [5, 5.41) is 9.63. The average Bonchev–Trinajstić information content (AvgIpc) is 3.31. The molecule has 0 spiro atoms. The summed E-state index contributed by atoms with van der Waals surface area (Å²) in [6.45, 7) is 6.56. The molecule has 43 heavy (non-hydrogen) atoms. The number of rotatable bonds is 11. The van der Waals surface area contributed by atoms with E-state index in [0.717, 1.165) is 35.3 Å². The summed E-state index contributed by atoms with van der Waals surface area (Å²) in [4.78, 5) is 40.8. The number of fused-ring (bicyclic) bond motifs is 1. The predicted octanol–water partition coefficient (Wildman–Crippen LogP) is 5.06. The van der Waals surface area contributed by atoms with Gasteiger partial charge in [-0.2, -0.15) is 0 Å². The van der Waals surface area contributed by atoms with Crippen molar-refractivity contribution in [2.45, 2.75) is 63.6 Å². The van der Waals surface area contributed by atoms with Gasteiger partial charge in [0.25, 0.3) is 5.91 Å². The minimum Gasteiger partial charge on any atom is -0.482 e. The van der Waals surface area contributed by atoms with Crippen molar-refractivity contribution in [3.8, 4) is 5.75 Å². The van der Waals surface area contributed by atoms with E-state index in [1.54, 1.807) is 9.80 Å². The number of para-hydroxylation sites is 2. The first-order chi connectivity index (χ1) is 20.7. The van der Waals surface area contributed by atoms with E-state index in [9.17, 15) is 19.5 Å². The third-order valence-corrected chi connectivity index (χ3v) is 11.2. The van der Waals surface area contributed by atoms with Gasteiger partial charge in [-0.15, -0.1) is 0 Å². The number of carbonyl (C=O) groups is 2. The number of nitrogens with zero attached hydrogens (tertiary/aromatic N) is 2. The Morgan fingerprint density at radius 1 is 0.977 bits per heavy atom. The number of aliphatic hydroxyl groups excluding tert-OH is 1. The van der Waals surface area contributed by atoms with E-state index in [1.165, 1.54) is 0 Å². The zero-order valence-electron chi connectivity index (χ0n) is 25.2. The van der Waals surface area contributed by atoms with Crippen LogP contribution in [0.3, 0.4) is 0 Å². The van der Waals surface area contributed by atoms with Crippen molar-refractivity contribution in [3.05, 3.63) is 90.0 Å². The minimum absolute atomic E-state index is 0.00897. The zero-order chi connectivity index (χ0) is 30.6. The third-order valence-electron chi connectivity index (χ3n) is 8.65. The van der Waals surface area contributed by atoms with Crippen LogP contribution >= 0.6 is 0 Å². The average molecular weight is 603 g/mol. The quantitative estimate of drug-likeness (QED) is 0.298. The molecule has 9 heteroatoms. The number of anilines is 2. The number of hydrogen-bond donors (Lipinski definition) is 2. The second kappa shape index (κ2) is 13.4. The SMILES string of the molecule is C[C@@H]1[C@@H]([Si](C)(C)O)[C@H](CC(=O)N(CCO)Cc2ccccc2)O[C@@H]1CCc1ccc(N2C(=O)COc3ccccc32)cc1. The molecule has 2 heterocycles. The van der Waals surface area contributed by atoms with Gasteiger partial charge >= 0.3 is 0 Å². The Morgan fingerprint density at radius 3 is 2.37 bits per heavy atom. The highest BCUT2D eigenvalue weighted by molar-refractivity contribution is 6.71. The first kappa shape index (κ1) is 30.9. The molecule has 1 fully saturated rings. The van der Waals surface area contributed by atoms with Crippen molar-refractivity contribution in [1.82, 2.24) is 4.90 Å². The summed E-state index contributed by atoms with van der Waals surface area (Å²) >= 11 is 0. The normalized spacial score (nSPS) is 21.8. The van der Waals surface area contributed by atoms with Crippen LogP contribution in [0.25, 0.3) is 0 Å². The maximum Gasteiger partial charge on any atom is 0.269 e. The van der Waals surface area contributed by atoms with Crippen LogP contribution in [0.1, 0.15) is 30.9 Å². The van der Waals surface area contributed by atoms with Crippen molar-refractivity contribution in [2.75, 3.05) is 24.7 Å². The molecule has 8 nitrogen and oxygen atoms in total. The molecule has 1 saturated heterocycles. The van der Waals surface area contributed by atoms with Gasteiger partial charge in [0.2, 0.25) is 5.91 Å². The number of carbonyl (C=O) groups excluding carboxylic acids is 2. The van der Waals surface area contributed by atoms with Gasteiger partial charge < -0.3 is 24.3 Å². The number of benzene rings is 3. The molecule has 3 aromatic carbocycles. The van der Waals surface area contributed by atoms with Crippen molar-refractivity contribution >= 4 is 31.5 Å². The first-order valence-corrected chi connectivity index (χ1v) is 18.1. The molecule has 228 valence electrons. The molecule has 0 aliphatic carbocycles. The van der Waals surface area contributed by atoms with E-state index < -0.39 is 8.32 Å². The summed E-state index contributed by atoms with van der Waals surface area (Å²) in [5.41, 5.74) is 3.59. The second-order valence-corrected chi connectivity index (χ2v) is 16.1. The largest absolute Gasteiger partial charge is 0.482 e. The van der Waals surface area contributed by atoms with Crippen molar-refractivity contribution in [1.29, 1.82) is 0 Å². The topological polar surface area (TPSA) is 99.5 Å². The standard InChI is InChI=1S/C34H42N2O6Si/c1-24-29(18-15-25-13-16-27(17-14-25)36-28-11-7-8-12-30(28)41-23-33(36)39)42-31(34(24)43(2,3)40)21-32(38)35(19-20-37)22-26-9-5-4-6-10-26/h4-14,16-17,24,29,31,34,37,40H,15,18-23H2,1-3H3/t24-,29+,31-,34+/m0/s1. The number of hydrogen-bond acceptors (Lipinski definition) is 6. The molecule has 4 atom stereocenters. The van der Waals surface area contributed by atoms with Crippen LogP contribution in [0.4, 0.5) is 11.4 Å². The number of aliphatic hydroxyl groups is 1. The van der Waals surface area contributed by atoms with E-state index in [-0.39, 0.29) is 61.7 Å². The lowest BCUT2D eigenvalue weighted by Gasteiger charge is -2.31. The Hall–Kier alpha value is -3.50. The van der Waals surface area contributed by atoms with Crippen LogP contribution in [0.5, 0.6) is 5.75 Å². The van der Waals surface area contributed by atoms with Gasteiger partial charge in [0.1, 0.15) is 5.75 Å². The molecular formula is C34H42N2O6Si. The molecule has 5 rings (SSSR count). The summed E-state index contributed by atoms with van der Waals surface area (Å²) in [5.74, 6) is 0.611. The number of amides is 2. The van der Waals surface area contributed by atoms with Crippen LogP contribution in [0.15, 0.2) is 78.9 Å². The number of aryl methyl sites for hydroxylation is 1. The molecule has 0 unspecified atom stereocenters. The molecule has 0 radical (unpaired) electrons. The zero-order valence-corrected chi connectivity index (χ0v) is 26.2. The molecule has 0 saturated carbocycles. The predicted molar refractivity (Wildman–Crippen MR) is 169 cm³/mol. The maximum absolute atomic E-state index is 13.5. The summed E-state index contributed by atoms with van der Waals surface area (Å²) in [7, 11) is -2.65. The van der Waals surface area contributed by atoms with Gasteiger partial charge in [-0.25, -0.2) is 0 Å². The highest BCUT2D eigenvalue weighted by atomic mass is 28.4. The second-order valence-electron chi connectivity index (χ2n) is 12.2. The Labute approximate surface area is 255 Å². The summed E-state index contributed by atoms with van der Waals surface area (Å²) in [6, 6.07) is 25.3. The van der Waals surface area contributed by atoms with Gasteiger partial charge in [-0.1, -0.05) is 61.5 Å². The van der Waals surface area contributed by atoms with E-state index in [0.29, 0.717) is 12.3 Å².